The first-order valence-corrected chi connectivity index (χ1v) is 10.5. The Labute approximate surface area is 168 Å². The van der Waals surface area contributed by atoms with Crippen LogP contribution in [0.3, 0.4) is 0 Å². The lowest BCUT2D eigenvalue weighted by Gasteiger charge is -2.18. The van der Waals surface area contributed by atoms with E-state index >= 15 is 0 Å². The van der Waals surface area contributed by atoms with Gasteiger partial charge in [0.1, 0.15) is 10.8 Å². The number of nitrogens with zero attached hydrogens (tertiary/aromatic N) is 2. The lowest BCUT2D eigenvalue weighted by molar-refractivity contribution is -0.116. The van der Waals surface area contributed by atoms with Crippen LogP contribution < -0.4 is 15.4 Å². The first-order chi connectivity index (χ1) is 13.7. The van der Waals surface area contributed by atoms with E-state index < -0.39 is 0 Å². The molecule has 1 fully saturated rings. The van der Waals surface area contributed by atoms with Crippen molar-refractivity contribution in [2.45, 2.75) is 50.9 Å². The fraction of sp³-hybridized carbons (Fsp3) is 0.500. The molecule has 1 heterocycles. The summed E-state index contributed by atoms with van der Waals surface area (Å²) in [5.41, 5.74) is 0.564. The smallest absolute Gasteiger partial charge is 0.251 e. The number of ether oxygens (including phenoxy) is 1. The van der Waals surface area contributed by atoms with Crippen molar-refractivity contribution in [3.63, 3.8) is 0 Å². The van der Waals surface area contributed by atoms with Crippen LogP contribution in [0.5, 0.6) is 5.75 Å². The van der Waals surface area contributed by atoms with Gasteiger partial charge in [0.15, 0.2) is 0 Å². The molecule has 0 radical (unpaired) electrons. The van der Waals surface area contributed by atoms with Crippen LogP contribution >= 0.6 is 11.3 Å². The Bertz CT molecular complexity index is 785. The number of aromatic nitrogens is 2. The zero-order valence-electron chi connectivity index (χ0n) is 16.1. The highest BCUT2D eigenvalue weighted by Gasteiger charge is 2.20. The van der Waals surface area contributed by atoms with E-state index in [0.29, 0.717) is 41.7 Å². The number of benzene rings is 1. The summed E-state index contributed by atoms with van der Waals surface area (Å²) in [5.74, 6) is 0.927. The Morgan fingerprint density at radius 3 is 2.61 bits per heavy atom. The molecule has 1 aliphatic carbocycles. The third-order valence-electron chi connectivity index (χ3n) is 4.86. The van der Waals surface area contributed by atoms with Gasteiger partial charge < -0.3 is 15.4 Å². The van der Waals surface area contributed by atoms with E-state index in [-0.39, 0.29) is 11.8 Å². The van der Waals surface area contributed by atoms with Crippen molar-refractivity contribution in [2.24, 2.45) is 0 Å². The molecular formula is C20H26N4O3S. The maximum atomic E-state index is 12.1. The van der Waals surface area contributed by atoms with Crippen LogP contribution in [-0.2, 0) is 4.79 Å². The van der Waals surface area contributed by atoms with Gasteiger partial charge in [0.05, 0.1) is 7.11 Å². The summed E-state index contributed by atoms with van der Waals surface area (Å²) < 4.78 is 5.07. The number of rotatable bonds is 8. The van der Waals surface area contributed by atoms with E-state index in [4.69, 9.17) is 4.74 Å². The molecule has 2 aromatic rings. The van der Waals surface area contributed by atoms with Crippen LogP contribution in [0.25, 0.3) is 0 Å². The molecule has 28 heavy (non-hydrogen) atoms. The van der Waals surface area contributed by atoms with Gasteiger partial charge in [-0.15, -0.1) is 10.2 Å². The van der Waals surface area contributed by atoms with Crippen LogP contribution in [0.4, 0.5) is 5.13 Å². The molecule has 0 saturated heterocycles. The molecule has 3 rings (SSSR count). The minimum absolute atomic E-state index is 0.106. The van der Waals surface area contributed by atoms with E-state index in [0.717, 1.165) is 17.8 Å². The van der Waals surface area contributed by atoms with Crippen molar-refractivity contribution < 1.29 is 14.3 Å². The molecule has 1 aromatic carbocycles. The molecule has 0 unspecified atom stereocenters. The topological polar surface area (TPSA) is 93.2 Å². The minimum atomic E-state index is -0.163. The molecule has 0 aliphatic heterocycles. The fourth-order valence-electron chi connectivity index (χ4n) is 3.28. The normalized spacial score (nSPS) is 14.5. The first-order valence-electron chi connectivity index (χ1n) is 9.71. The molecule has 8 heteroatoms. The van der Waals surface area contributed by atoms with Crippen LogP contribution in [0, 0.1) is 0 Å². The Hall–Kier alpha value is -2.48. The van der Waals surface area contributed by atoms with E-state index in [2.05, 4.69) is 20.8 Å². The molecule has 1 saturated carbocycles. The molecule has 0 spiro atoms. The lowest BCUT2D eigenvalue weighted by Crippen LogP contribution is -2.25. The van der Waals surface area contributed by atoms with Crippen molar-refractivity contribution in [3.05, 3.63) is 34.8 Å². The summed E-state index contributed by atoms with van der Waals surface area (Å²) in [6.07, 6.45) is 6.99. The molecule has 2 amide bonds. The highest BCUT2D eigenvalue weighted by molar-refractivity contribution is 7.15. The summed E-state index contributed by atoms with van der Waals surface area (Å²) in [6.45, 7) is 0.432. The van der Waals surface area contributed by atoms with E-state index in [1.807, 2.05) is 0 Å². The number of anilines is 1. The van der Waals surface area contributed by atoms with Gasteiger partial charge in [-0.1, -0.05) is 30.6 Å². The summed E-state index contributed by atoms with van der Waals surface area (Å²) in [5, 5.41) is 15.6. The summed E-state index contributed by atoms with van der Waals surface area (Å²) in [4.78, 5) is 24.1. The predicted octanol–water partition coefficient (Wildman–Crippen LogP) is 3.74. The summed E-state index contributed by atoms with van der Waals surface area (Å²) >= 11 is 1.48. The van der Waals surface area contributed by atoms with Crippen LogP contribution in [0.2, 0.25) is 0 Å². The van der Waals surface area contributed by atoms with Crippen LogP contribution in [0.15, 0.2) is 24.3 Å². The molecule has 0 atom stereocenters. The first kappa shape index (κ1) is 20.3. The monoisotopic (exact) mass is 402 g/mol. The molecule has 1 aliphatic rings. The Morgan fingerprint density at radius 2 is 1.89 bits per heavy atom. The third-order valence-corrected chi connectivity index (χ3v) is 5.86. The highest BCUT2D eigenvalue weighted by Crippen LogP contribution is 2.35. The SMILES string of the molecule is COc1ccc(C(=O)NCCCC(=O)Nc2nnc(C3CCCCC3)s2)cc1. The van der Waals surface area contributed by atoms with Gasteiger partial charge in [-0.25, -0.2) is 0 Å². The molecule has 2 N–H and O–H groups in total. The van der Waals surface area contributed by atoms with E-state index in [1.165, 1.54) is 30.6 Å². The number of hydrogen-bond donors (Lipinski definition) is 2. The van der Waals surface area contributed by atoms with Gasteiger partial charge in [-0.05, 0) is 43.5 Å². The van der Waals surface area contributed by atoms with Crippen LogP contribution in [0.1, 0.15) is 66.2 Å². The molecular weight excluding hydrogens is 376 g/mol. The van der Waals surface area contributed by atoms with Crippen LogP contribution in [-0.4, -0.2) is 35.7 Å². The van der Waals surface area contributed by atoms with Crippen molar-refractivity contribution >= 4 is 28.3 Å². The molecule has 1 aromatic heterocycles. The van der Waals surface area contributed by atoms with Crippen molar-refractivity contribution in [1.82, 2.24) is 15.5 Å². The van der Waals surface area contributed by atoms with Gasteiger partial charge in [0.2, 0.25) is 11.0 Å². The average Bonchev–Trinajstić information content (AvgIpc) is 3.20. The fourth-order valence-corrected chi connectivity index (χ4v) is 4.21. The van der Waals surface area contributed by atoms with Gasteiger partial charge in [0.25, 0.3) is 5.91 Å². The third kappa shape index (κ3) is 5.76. The number of nitrogens with one attached hydrogen (secondary N) is 2. The Balaban J connectivity index is 1.36. The zero-order chi connectivity index (χ0) is 19.8. The second kappa shape index (κ2) is 10.2. The number of hydrogen-bond acceptors (Lipinski definition) is 6. The van der Waals surface area contributed by atoms with Gasteiger partial charge in [-0.2, -0.15) is 0 Å². The number of methoxy groups -OCH3 is 1. The van der Waals surface area contributed by atoms with E-state index in [1.54, 1.807) is 31.4 Å². The standard InChI is InChI=1S/C20H26N4O3S/c1-27-16-11-9-14(10-12-16)18(26)21-13-5-8-17(25)22-20-24-23-19(28-20)15-6-3-2-4-7-15/h9-12,15H,2-8,13H2,1H3,(H,21,26)(H,22,24,25). The van der Waals surface area contributed by atoms with Gasteiger partial charge in [0, 0.05) is 24.4 Å². The zero-order valence-corrected chi connectivity index (χ0v) is 16.9. The second-order valence-electron chi connectivity index (χ2n) is 6.92. The lowest BCUT2D eigenvalue weighted by atomic mass is 9.90. The largest absolute Gasteiger partial charge is 0.497 e. The molecule has 0 bridgehead atoms. The Morgan fingerprint density at radius 1 is 1.14 bits per heavy atom. The molecule has 150 valence electrons. The maximum absolute atomic E-state index is 12.1. The Kier molecular flexibility index (Phi) is 7.36. The minimum Gasteiger partial charge on any atom is -0.497 e. The number of carbonyl (C=O) groups excluding carboxylic acids is 2. The summed E-state index contributed by atoms with van der Waals surface area (Å²) in [6, 6.07) is 6.90. The number of amides is 2. The summed E-state index contributed by atoms with van der Waals surface area (Å²) in [7, 11) is 1.58. The highest BCUT2D eigenvalue weighted by atomic mass is 32.1. The van der Waals surface area contributed by atoms with Gasteiger partial charge in [-0.3, -0.25) is 9.59 Å². The average molecular weight is 403 g/mol. The van der Waals surface area contributed by atoms with Crippen molar-refractivity contribution in [3.8, 4) is 5.75 Å². The van der Waals surface area contributed by atoms with Gasteiger partial charge >= 0.3 is 0 Å². The number of carbonyl (C=O) groups is 2. The molecule has 7 nitrogen and oxygen atoms in total. The van der Waals surface area contributed by atoms with E-state index in [9.17, 15) is 9.59 Å². The quantitative estimate of drug-likeness (QED) is 0.656. The van der Waals surface area contributed by atoms with Crippen molar-refractivity contribution in [2.75, 3.05) is 19.0 Å². The maximum Gasteiger partial charge on any atom is 0.251 e. The predicted molar refractivity (Wildman–Crippen MR) is 109 cm³/mol. The second-order valence-corrected chi connectivity index (χ2v) is 7.93. The van der Waals surface area contributed by atoms with Crippen molar-refractivity contribution in [1.29, 1.82) is 0 Å².